The summed E-state index contributed by atoms with van der Waals surface area (Å²) < 4.78 is 10.6. The number of rotatable bonds is 2. The first-order chi connectivity index (χ1) is 6.45. The topological polar surface area (TPSA) is 22.4 Å². The first-order valence-corrected chi connectivity index (χ1v) is 4.74. The number of hydrogen-bond donors (Lipinski definition) is 0. The van der Waals surface area contributed by atoms with Gasteiger partial charge in [-0.1, -0.05) is 6.08 Å². The Morgan fingerprint density at radius 2 is 2.46 bits per heavy atom. The molecule has 1 saturated heterocycles. The second kappa shape index (κ2) is 4.28. The van der Waals surface area contributed by atoms with Crippen molar-refractivity contribution in [2.45, 2.75) is 12.8 Å². The molecule has 1 aromatic rings. The van der Waals surface area contributed by atoms with Crippen LogP contribution < -0.4 is 0 Å². The quantitative estimate of drug-likeness (QED) is 0.694. The molecule has 0 aliphatic carbocycles. The molecule has 0 saturated carbocycles. The zero-order valence-electron chi connectivity index (χ0n) is 7.61. The van der Waals surface area contributed by atoms with Crippen molar-refractivity contribution in [3.05, 3.63) is 30.2 Å². The molecule has 0 aromatic carbocycles. The molecule has 2 heteroatoms. The minimum atomic E-state index is 0.568. The van der Waals surface area contributed by atoms with Crippen molar-refractivity contribution in [3.8, 4) is 0 Å². The standard InChI is InChI=1S/C11H14O2/c1-3-10(9-12-7-1)5-6-11-4-2-8-13-11/h2,4-6,8,10H,1,3,7,9H2. The van der Waals surface area contributed by atoms with Gasteiger partial charge in [0, 0.05) is 12.5 Å². The van der Waals surface area contributed by atoms with E-state index in [0.29, 0.717) is 5.92 Å². The lowest BCUT2D eigenvalue weighted by Crippen LogP contribution is -2.14. The van der Waals surface area contributed by atoms with Gasteiger partial charge < -0.3 is 9.15 Å². The predicted octanol–water partition coefficient (Wildman–Crippen LogP) is 2.72. The smallest absolute Gasteiger partial charge is 0.126 e. The van der Waals surface area contributed by atoms with Gasteiger partial charge in [0.15, 0.2) is 0 Å². The normalized spacial score (nSPS) is 23.8. The van der Waals surface area contributed by atoms with Crippen LogP contribution in [0.25, 0.3) is 6.08 Å². The molecule has 1 atom stereocenters. The summed E-state index contributed by atoms with van der Waals surface area (Å²) in [6, 6.07) is 3.86. The largest absolute Gasteiger partial charge is 0.465 e. The molecule has 0 N–H and O–H groups in total. The average molecular weight is 178 g/mol. The van der Waals surface area contributed by atoms with Crippen LogP contribution in [0.2, 0.25) is 0 Å². The fourth-order valence-corrected chi connectivity index (χ4v) is 1.53. The molecular weight excluding hydrogens is 164 g/mol. The summed E-state index contributed by atoms with van der Waals surface area (Å²) in [5.74, 6) is 1.49. The van der Waals surface area contributed by atoms with Crippen molar-refractivity contribution in [1.29, 1.82) is 0 Å². The fourth-order valence-electron chi connectivity index (χ4n) is 1.53. The number of furan rings is 1. The molecule has 1 aromatic heterocycles. The highest BCUT2D eigenvalue weighted by molar-refractivity contribution is 5.42. The zero-order chi connectivity index (χ0) is 8.93. The molecule has 0 spiro atoms. The van der Waals surface area contributed by atoms with Gasteiger partial charge in [-0.05, 0) is 31.1 Å². The van der Waals surface area contributed by atoms with E-state index in [1.54, 1.807) is 6.26 Å². The SMILES string of the molecule is C(=CC1CCCOC1)c1ccco1. The highest BCUT2D eigenvalue weighted by Gasteiger charge is 2.09. The van der Waals surface area contributed by atoms with Gasteiger partial charge in [-0.15, -0.1) is 0 Å². The Bertz CT molecular complexity index is 256. The Morgan fingerprint density at radius 1 is 1.46 bits per heavy atom. The summed E-state index contributed by atoms with van der Waals surface area (Å²) in [5.41, 5.74) is 0. The van der Waals surface area contributed by atoms with Crippen LogP contribution in [0.3, 0.4) is 0 Å². The van der Waals surface area contributed by atoms with Crippen molar-refractivity contribution in [2.24, 2.45) is 5.92 Å². The minimum Gasteiger partial charge on any atom is -0.465 e. The Labute approximate surface area is 78.2 Å². The first-order valence-electron chi connectivity index (χ1n) is 4.74. The molecule has 13 heavy (non-hydrogen) atoms. The van der Waals surface area contributed by atoms with E-state index in [0.717, 1.165) is 19.0 Å². The molecule has 2 nitrogen and oxygen atoms in total. The summed E-state index contributed by atoms with van der Waals surface area (Å²) in [7, 11) is 0. The van der Waals surface area contributed by atoms with Crippen molar-refractivity contribution in [3.63, 3.8) is 0 Å². The van der Waals surface area contributed by atoms with E-state index >= 15 is 0 Å². The molecular formula is C11H14O2. The van der Waals surface area contributed by atoms with E-state index in [2.05, 4.69) is 6.08 Å². The number of ether oxygens (including phenoxy) is 1. The minimum absolute atomic E-state index is 0.568. The van der Waals surface area contributed by atoms with Gasteiger partial charge in [-0.2, -0.15) is 0 Å². The molecule has 0 bridgehead atoms. The summed E-state index contributed by atoms with van der Waals surface area (Å²) >= 11 is 0. The van der Waals surface area contributed by atoms with Crippen LogP contribution in [0.5, 0.6) is 0 Å². The number of hydrogen-bond acceptors (Lipinski definition) is 2. The Morgan fingerprint density at radius 3 is 3.15 bits per heavy atom. The van der Waals surface area contributed by atoms with Crippen LogP contribution in [0, 0.1) is 5.92 Å². The zero-order valence-corrected chi connectivity index (χ0v) is 7.61. The lowest BCUT2D eigenvalue weighted by Gasteiger charge is -2.18. The van der Waals surface area contributed by atoms with Gasteiger partial charge in [0.05, 0.1) is 12.9 Å². The predicted molar refractivity (Wildman–Crippen MR) is 51.3 cm³/mol. The molecule has 1 aliphatic heterocycles. The highest BCUT2D eigenvalue weighted by Crippen LogP contribution is 2.16. The Kier molecular flexibility index (Phi) is 2.82. The molecule has 0 amide bonds. The second-order valence-electron chi connectivity index (χ2n) is 3.35. The van der Waals surface area contributed by atoms with Crippen LogP contribution in [-0.2, 0) is 4.74 Å². The maximum absolute atomic E-state index is 5.37. The lowest BCUT2D eigenvalue weighted by molar-refractivity contribution is 0.0712. The van der Waals surface area contributed by atoms with Crippen molar-refractivity contribution in [1.82, 2.24) is 0 Å². The lowest BCUT2D eigenvalue weighted by atomic mass is 10.0. The van der Waals surface area contributed by atoms with Gasteiger partial charge in [0.25, 0.3) is 0 Å². The van der Waals surface area contributed by atoms with E-state index < -0.39 is 0 Å². The van der Waals surface area contributed by atoms with Crippen molar-refractivity contribution < 1.29 is 9.15 Å². The summed E-state index contributed by atoms with van der Waals surface area (Å²) in [5, 5.41) is 0. The average Bonchev–Trinajstić information content (AvgIpc) is 2.69. The van der Waals surface area contributed by atoms with E-state index in [1.807, 2.05) is 18.2 Å². The van der Waals surface area contributed by atoms with Crippen LogP contribution in [0.15, 0.2) is 28.9 Å². The van der Waals surface area contributed by atoms with E-state index in [9.17, 15) is 0 Å². The molecule has 2 heterocycles. The fraction of sp³-hybridized carbons (Fsp3) is 0.455. The van der Waals surface area contributed by atoms with Crippen LogP contribution >= 0.6 is 0 Å². The monoisotopic (exact) mass is 178 g/mol. The summed E-state index contributed by atoms with van der Waals surface area (Å²) in [4.78, 5) is 0. The van der Waals surface area contributed by atoms with Gasteiger partial charge >= 0.3 is 0 Å². The van der Waals surface area contributed by atoms with Crippen molar-refractivity contribution >= 4 is 6.08 Å². The Hall–Kier alpha value is -1.02. The molecule has 2 rings (SSSR count). The van der Waals surface area contributed by atoms with Crippen molar-refractivity contribution in [2.75, 3.05) is 13.2 Å². The maximum atomic E-state index is 5.37. The van der Waals surface area contributed by atoms with Crippen LogP contribution in [-0.4, -0.2) is 13.2 Å². The first kappa shape index (κ1) is 8.57. The third kappa shape index (κ3) is 2.46. The van der Waals surface area contributed by atoms with Gasteiger partial charge in [-0.25, -0.2) is 0 Å². The van der Waals surface area contributed by atoms with Gasteiger partial charge in [-0.3, -0.25) is 0 Å². The van der Waals surface area contributed by atoms with Gasteiger partial charge in [0.2, 0.25) is 0 Å². The third-order valence-electron chi connectivity index (χ3n) is 2.27. The van der Waals surface area contributed by atoms with Crippen LogP contribution in [0.1, 0.15) is 18.6 Å². The molecule has 1 aliphatic rings. The molecule has 1 unspecified atom stereocenters. The van der Waals surface area contributed by atoms with Crippen LogP contribution in [0.4, 0.5) is 0 Å². The second-order valence-corrected chi connectivity index (χ2v) is 3.35. The molecule has 0 radical (unpaired) electrons. The van der Waals surface area contributed by atoms with E-state index in [4.69, 9.17) is 9.15 Å². The molecule has 70 valence electrons. The third-order valence-corrected chi connectivity index (χ3v) is 2.27. The van der Waals surface area contributed by atoms with E-state index in [-0.39, 0.29) is 0 Å². The van der Waals surface area contributed by atoms with E-state index in [1.165, 1.54) is 12.8 Å². The molecule has 1 fully saturated rings. The summed E-state index contributed by atoms with van der Waals surface area (Å²) in [6.45, 7) is 1.78. The Balaban J connectivity index is 1.89. The maximum Gasteiger partial charge on any atom is 0.126 e. The van der Waals surface area contributed by atoms with Gasteiger partial charge in [0.1, 0.15) is 5.76 Å². The summed E-state index contributed by atoms with van der Waals surface area (Å²) in [6.07, 6.45) is 8.30. The highest BCUT2D eigenvalue weighted by atomic mass is 16.5.